The van der Waals surface area contributed by atoms with Gasteiger partial charge in [0, 0.05) is 13.2 Å². The SMILES string of the molecule is CC.CN1Cc2ncccc2NC1=O. The summed E-state index contributed by atoms with van der Waals surface area (Å²) in [5.74, 6) is 0. The van der Waals surface area contributed by atoms with Gasteiger partial charge < -0.3 is 10.2 Å². The lowest BCUT2D eigenvalue weighted by molar-refractivity contribution is 0.218. The standard InChI is InChI=1S/C8H9N3O.C2H6/c1-11-5-7-6(10-8(11)12)3-2-4-9-7;1-2/h2-4H,5H2,1H3,(H,10,12);1-2H3. The van der Waals surface area contributed by atoms with Crippen LogP contribution in [0.4, 0.5) is 10.5 Å². The molecule has 1 aliphatic heterocycles. The van der Waals surface area contributed by atoms with Crippen molar-refractivity contribution in [2.45, 2.75) is 20.4 Å². The Bertz CT molecular complexity index is 325. The van der Waals surface area contributed by atoms with Crippen molar-refractivity contribution in [3.05, 3.63) is 24.0 Å². The van der Waals surface area contributed by atoms with Crippen LogP contribution in [-0.2, 0) is 6.54 Å². The monoisotopic (exact) mass is 193 g/mol. The molecule has 0 aliphatic carbocycles. The molecule has 0 bridgehead atoms. The summed E-state index contributed by atoms with van der Waals surface area (Å²) in [5.41, 5.74) is 1.74. The first-order valence-corrected chi connectivity index (χ1v) is 4.73. The van der Waals surface area contributed by atoms with E-state index >= 15 is 0 Å². The zero-order valence-electron chi connectivity index (χ0n) is 8.74. The summed E-state index contributed by atoms with van der Waals surface area (Å²) in [4.78, 5) is 16.9. The van der Waals surface area contributed by atoms with Crippen LogP contribution < -0.4 is 5.32 Å². The number of hydrogen-bond acceptors (Lipinski definition) is 2. The maximum Gasteiger partial charge on any atom is 0.321 e. The fraction of sp³-hybridized carbons (Fsp3) is 0.400. The van der Waals surface area contributed by atoms with E-state index in [2.05, 4.69) is 10.3 Å². The molecule has 0 unspecified atom stereocenters. The normalized spacial score (nSPS) is 13.6. The van der Waals surface area contributed by atoms with Crippen molar-refractivity contribution in [1.29, 1.82) is 0 Å². The van der Waals surface area contributed by atoms with Crippen LogP contribution in [0.15, 0.2) is 18.3 Å². The molecule has 1 N–H and O–H groups in total. The maximum absolute atomic E-state index is 11.1. The molecule has 0 atom stereocenters. The summed E-state index contributed by atoms with van der Waals surface area (Å²) in [6, 6.07) is 3.59. The van der Waals surface area contributed by atoms with E-state index in [1.807, 2.05) is 26.0 Å². The Morgan fingerprint density at radius 1 is 1.50 bits per heavy atom. The molecule has 1 aromatic heterocycles. The average Bonchev–Trinajstić information content (AvgIpc) is 2.23. The summed E-state index contributed by atoms with van der Waals surface area (Å²) < 4.78 is 0. The zero-order chi connectivity index (χ0) is 10.6. The van der Waals surface area contributed by atoms with Gasteiger partial charge in [-0.2, -0.15) is 0 Å². The molecule has 1 aromatic rings. The van der Waals surface area contributed by atoms with Gasteiger partial charge in [-0.25, -0.2) is 4.79 Å². The van der Waals surface area contributed by atoms with E-state index in [9.17, 15) is 4.79 Å². The van der Waals surface area contributed by atoms with Crippen LogP contribution in [0.5, 0.6) is 0 Å². The molecule has 0 saturated carbocycles. The molecule has 0 saturated heterocycles. The molecule has 2 rings (SSSR count). The van der Waals surface area contributed by atoms with Gasteiger partial charge in [0.05, 0.1) is 17.9 Å². The minimum absolute atomic E-state index is 0.0736. The minimum Gasteiger partial charge on any atom is -0.322 e. The number of urea groups is 1. The van der Waals surface area contributed by atoms with Crippen LogP contribution in [0.3, 0.4) is 0 Å². The number of nitrogens with one attached hydrogen (secondary N) is 1. The third kappa shape index (κ3) is 2.02. The third-order valence-electron chi connectivity index (χ3n) is 1.87. The maximum atomic E-state index is 11.1. The highest BCUT2D eigenvalue weighted by atomic mass is 16.2. The first-order valence-electron chi connectivity index (χ1n) is 4.73. The average molecular weight is 193 g/mol. The number of nitrogens with zero attached hydrogens (tertiary/aromatic N) is 2. The van der Waals surface area contributed by atoms with Crippen molar-refractivity contribution in [2.75, 3.05) is 12.4 Å². The van der Waals surface area contributed by atoms with Crippen LogP contribution in [-0.4, -0.2) is 23.0 Å². The largest absolute Gasteiger partial charge is 0.322 e. The smallest absolute Gasteiger partial charge is 0.321 e. The Morgan fingerprint density at radius 3 is 2.93 bits per heavy atom. The number of amides is 2. The quantitative estimate of drug-likeness (QED) is 0.685. The number of pyridine rings is 1. The molecule has 4 heteroatoms. The molecule has 1 aliphatic rings. The van der Waals surface area contributed by atoms with Crippen LogP contribution >= 0.6 is 0 Å². The Kier molecular flexibility index (Phi) is 3.45. The number of carbonyl (C=O) groups excluding carboxylic acids is 1. The second-order valence-corrected chi connectivity index (χ2v) is 2.78. The molecular weight excluding hydrogens is 178 g/mol. The second-order valence-electron chi connectivity index (χ2n) is 2.78. The van der Waals surface area contributed by atoms with Crippen molar-refractivity contribution < 1.29 is 4.79 Å². The predicted molar refractivity (Wildman–Crippen MR) is 56.1 cm³/mol. The Labute approximate surface area is 83.9 Å². The third-order valence-corrected chi connectivity index (χ3v) is 1.87. The van der Waals surface area contributed by atoms with Crippen LogP contribution in [0.1, 0.15) is 19.5 Å². The molecule has 0 radical (unpaired) electrons. The molecule has 14 heavy (non-hydrogen) atoms. The first-order chi connectivity index (χ1) is 6.77. The van der Waals surface area contributed by atoms with Gasteiger partial charge >= 0.3 is 6.03 Å². The number of carbonyl (C=O) groups is 1. The molecule has 0 aromatic carbocycles. The fourth-order valence-corrected chi connectivity index (χ4v) is 1.18. The Balaban J connectivity index is 0.000000461. The van der Waals surface area contributed by atoms with Crippen molar-refractivity contribution in [3.8, 4) is 0 Å². The second kappa shape index (κ2) is 4.60. The molecular formula is C10H15N3O. The van der Waals surface area contributed by atoms with Gasteiger partial charge in [-0.1, -0.05) is 13.8 Å². The van der Waals surface area contributed by atoms with E-state index in [0.717, 1.165) is 11.4 Å². The van der Waals surface area contributed by atoms with Gasteiger partial charge in [-0.05, 0) is 12.1 Å². The van der Waals surface area contributed by atoms with E-state index in [1.165, 1.54) is 0 Å². The topological polar surface area (TPSA) is 45.2 Å². The predicted octanol–water partition coefficient (Wildman–Crippen LogP) is 2.09. The summed E-state index contributed by atoms with van der Waals surface area (Å²) in [6.07, 6.45) is 1.73. The number of rotatable bonds is 0. The number of anilines is 1. The van der Waals surface area contributed by atoms with Gasteiger partial charge in [0.1, 0.15) is 0 Å². The zero-order valence-corrected chi connectivity index (χ0v) is 8.74. The van der Waals surface area contributed by atoms with Crippen molar-refractivity contribution in [1.82, 2.24) is 9.88 Å². The van der Waals surface area contributed by atoms with Gasteiger partial charge in [0.25, 0.3) is 0 Å². The molecule has 0 spiro atoms. The van der Waals surface area contributed by atoms with Crippen molar-refractivity contribution >= 4 is 11.7 Å². The summed E-state index contributed by atoms with van der Waals surface area (Å²) >= 11 is 0. The molecule has 76 valence electrons. The van der Waals surface area contributed by atoms with E-state index in [-0.39, 0.29) is 6.03 Å². The first kappa shape index (κ1) is 10.5. The van der Waals surface area contributed by atoms with Gasteiger partial charge in [-0.3, -0.25) is 4.98 Å². The molecule has 4 nitrogen and oxygen atoms in total. The van der Waals surface area contributed by atoms with Crippen LogP contribution in [0.25, 0.3) is 0 Å². The summed E-state index contributed by atoms with van der Waals surface area (Å²) in [7, 11) is 1.74. The van der Waals surface area contributed by atoms with Crippen molar-refractivity contribution in [3.63, 3.8) is 0 Å². The van der Waals surface area contributed by atoms with Crippen LogP contribution in [0, 0.1) is 0 Å². The summed E-state index contributed by atoms with van der Waals surface area (Å²) in [5, 5.41) is 2.73. The van der Waals surface area contributed by atoms with Crippen LogP contribution in [0.2, 0.25) is 0 Å². The number of aromatic nitrogens is 1. The molecule has 0 fully saturated rings. The van der Waals surface area contributed by atoms with Gasteiger partial charge in [-0.15, -0.1) is 0 Å². The van der Waals surface area contributed by atoms with E-state index < -0.39 is 0 Å². The van der Waals surface area contributed by atoms with E-state index in [1.54, 1.807) is 18.1 Å². The van der Waals surface area contributed by atoms with E-state index in [4.69, 9.17) is 0 Å². The van der Waals surface area contributed by atoms with E-state index in [0.29, 0.717) is 6.54 Å². The number of hydrogen-bond donors (Lipinski definition) is 1. The fourth-order valence-electron chi connectivity index (χ4n) is 1.18. The number of fused-ring (bicyclic) bond motifs is 1. The lowest BCUT2D eigenvalue weighted by Crippen LogP contribution is -2.35. The highest BCUT2D eigenvalue weighted by Crippen LogP contribution is 2.18. The molecule has 2 heterocycles. The summed E-state index contributed by atoms with van der Waals surface area (Å²) in [6.45, 7) is 4.59. The highest BCUT2D eigenvalue weighted by Gasteiger charge is 2.18. The van der Waals surface area contributed by atoms with Crippen molar-refractivity contribution in [2.24, 2.45) is 0 Å². The Morgan fingerprint density at radius 2 is 2.21 bits per heavy atom. The minimum atomic E-state index is -0.0736. The molecule has 2 amide bonds. The van der Waals surface area contributed by atoms with Gasteiger partial charge in [0.2, 0.25) is 0 Å². The lowest BCUT2D eigenvalue weighted by atomic mass is 10.2. The Hall–Kier alpha value is -1.58. The highest BCUT2D eigenvalue weighted by molar-refractivity contribution is 5.91. The lowest BCUT2D eigenvalue weighted by Gasteiger charge is -2.24. The van der Waals surface area contributed by atoms with Gasteiger partial charge in [0.15, 0.2) is 0 Å².